The zero-order chi connectivity index (χ0) is 17.6. The molecule has 0 saturated carbocycles. The van der Waals surface area contributed by atoms with Crippen LogP contribution < -0.4 is 10.6 Å². The summed E-state index contributed by atoms with van der Waals surface area (Å²) in [5.74, 6) is 0.132. The number of hydrogen-bond acceptors (Lipinski definition) is 4. The van der Waals surface area contributed by atoms with Gasteiger partial charge in [-0.1, -0.05) is 42.0 Å². The Kier molecular flexibility index (Phi) is 5.40. The first kappa shape index (κ1) is 17.1. The molecule has 2 aromatic carbocycles. The average molecular weight is 397 g/mol. The molecule has 126 valence electrons. The molecule has 0 radical (unpaired) electrons. The minimum absolute atomic E-state index is 0.238. The predicted octanol–water partition coefficient (Wildman–Crippen LogP) is 4.22. The van der Waals surface area contributed by atoms with Crippen molar-refractivity contribution in [1.29, 1.82) is 0 Å². The lowest BCUT2D eigenvalue weighted by molar-refractivity contribution is 0.0946. The van der Waals surface area contributed by atoms with Crippen LogP contribution in [0.3, 0.4) is 0 Å². The van der Waals surface area contributed by atoms with E-state index in [2.05, 4.69) is 36.5 Å². The van der Waals surface area contributed by atoms with Crippen LogP contribution in [0.1, 0.15) is 21.6 Å². The second-order valence-electron chi connectivity index (χ2n) is 5.54. The van der Waals surface area contributed by atoms with Gasteiger partial charge in [0.25, 0.3) is 5.91 Å². The van der Waals surface area contributed by atoms with E-state index in [1.54, 1.807) is 12.3 Å². The molecule has 0 unspecified atom stereocenters. The van der Waals surface area contributed by atoms with E-state index in [1.165, 1.54) is 5.56 Å². The Morgan fingerprint density at radius 2 is 1.84 bits per heavy atom. The maximum Gasteiger partial charge on any atom is 0.270 e. The molecule has 0 aliphatic rings. The summed E-state index contributed by atoms with van der Waals surface area (Å²) in [6.45, 7) is 2.49. The summed E-state index contributed by atoms with van der Waals surface area (Å²) < 4.78 is 0.896. The number of hydrogen-bond donors (Lipinski definition) is 2. The number of para-hydroxylation sites is 1. The molecule has 0 aliphatic heterocycles. The molecule has 0 atom stereocenters. The number of rotatable bonds is 5. The van der Waals surface area contributed by atoms with Gasteiger partial charge in [-0.15, -0.1) is 0 Å². The van der Waals surface area contributed by atoms with E-state index in [0.717, 1.165) is 15.7 Å². The van der Waals surface area contributed by atoms with Gasteiger partial charge in [-0.3, -0.25) is 4.79 Å². The molecule has 5 nitrogen and oxygen atoms in total. The molecule has 6 heteroatoms. The first-order valence-electron chi connectivity index (χ1n) is 7.80. The van der Waals surface area contributed by atoms with Crippen molar-refractivity contribution in [1.82, 2.24) is 15.3 Å². The van der Waals surface area contributed by atoms with E-state index in [4.69, 9.17) is 0 Å². The number of nitrogens with one attached hydrogen (secondary N) is 2. The molecule has 3 rings (SSSR count). The van der Waals surface area contributed by atoms with Crippen molar-refractivity contribution in [2.24, 2.45) is 0 Å². The number of carbonyl (C=O) groups excluding carboxylic acids is 1. The van der Waals surface area contributed by atoms with Gasteiger partial charge in [-0.25, -0.2) is 9.97 Å². The maximum absolute atomic E-state index is 12.3. The largest absolute Gasteiger partial charge is 0.347 e. The third-order valence-electron chi connectivity index (χ3n) is 3.58. The number of benzene rings is 2. The van der Waals surface area contributed by atoms with Crippen LogP contribution >= 0.6 is 15.9 Å². The molecule has 0 fully saturated rings. The predicted molar refractivity (Wildman–Crippen MR) is 102 cm³/mol. The van der Waals surface area contributed by atoms with Gasteiger partial charge >= 0.3 is 0 Å². The highest BCUT2D eigenvalue weighted by atomic mass is 79.9. The smallest absolute Gasteiger partial charge is 0.270 e. The van der Waals surface area contributed by atoms with E-state index in [1.807, 2.05) is 55.5 Å². The lowest BCUT2D eigenvalue weighted by Crippen LogP contribution is -2.24. The Morgan fingerprint density at radius 3 is 2.60 bits per heavy atom. The Bertz CT molecular complexity index is 881. The molecule has 0 bridgehead atoms. The van der Waals surface area contributed by atoms with Crippen LogP contribution in [0.5, 0.6) is 0 Å². The van der Waals surface area contributed by atoms with Crippen LogP contribution in [0.4, 0.5) is 11.6 Å². The van der Waals surface area contributed by atoms with Crippen molar-refractivity contribution in [3.05, 3.63) is 82.1 Å². The zero-order valence-electron chi connectivity index (χ0n) is 13.7. The van der Waals surface area contributed by atoms with Crippen molar-refractivity contribution in [3.8, 4) is 0 Å². The van der Waals surface area contributed by atoms with Gasteiger partial charge in [0.1, 0.15) is 5.69 Å². The molecule has 0 spiro atoms. The first-order chi connectivity index (χ1) is 12.1. The van der Waals surface area contributed by atoms with Crippen molar-refractivity contribution >= 4 is 33.5 Å². The van der Waals surface area contributed by atoms with Crippen LogP contribution in [0.2, 0.25) is 0 Å². The summed E-state index contributed by atoms with van der Waals surface area (Å²) in [5.41, 5.74) is 3.38. The molecule has 1 amide bonds. The molecular weight excluding hydrogens is 380 g/mol. The second kappa shape index (κ2) is 7.90. The van der Waals surface area contributed by atoms with E-state index in [0.29, 0.717) is 18.2 Å². The minimum Gasteiger partial charge on any atom is -0.347 e. The van der Waals surface area contributed by atoms with Crippen LogP contribution in [0.15, 0.2) is 65.3 Å². The average Bonchev–Trinajstić information content (AvgIpc) is 2.63. The van der Waals surface area contributed by atoms with Gasteiger partial charge in [-0.2, -0.15) is 0 Å². The summed E-state index contributed by atoms with van der Waals surface area (Å²) in [7, 11) is 0. The SMILES string of the molecule is Cc1ccc(CNC(=O)c2ccnc(Nc3ccccc3Br)n2)cc1. The number of amides is 1. The molecule has 1 aromatic heterocycles. The molecular formula is C19H17BrN4O. The summed E-state index contributed by atoms with van der Waals surface area (Å²) >= 11 is 3.46. The highest BCUT2D eigenvalue weighted by Gasteiger charge is 2.09. The fraction of sp³-hybridized carbons (Fsp3) is 0.105. The molecule has 0 aliphatic carbocycles. The lowest BCUT2D eigenvalue weighted by Gasteiger charge is -2.09. The Balaban J connectivity index is 1.67. The van der Waals surface area contributed by atoms with Crippen LogP contribution in [-0.4, -0.2) is 15.9 Å². The summed E-state index contributed by atoms with van der Waals surface area (Å²) in [6, 6.07) is 17.3. The minimum atomic E-state index is -0.238. The quantitative estimate of drug-likeness (QED) is 0.677. The zero-order valence-corrected chi connectivity index (χ0v) is 15.2. The number of halogens is 1. The third kappa shape index (κ3) is 4.64. The van der Waals surface area contributed by atoms with E-state index in [9.17, 15) is 4.79 Å². The Morgan fingerprint density at radius 1 is 1.08 bits per heavy atom. The van der Waals surface area contributed by atoms with Crippen molar-refractivity contribution in [2.45, 2.75) is 13.5 Å². The third-order valence-corrected chi connectivity index (χ3v) is 4.27. The van der Waals surface area contributed by atoms with Gasteiger partial charge in [0.15, 0.2) is 0 Å². The monoisotopic (exact) mass is 396 g/mol. The number of aromatic nitrogens is 2. The van der Waals surface area contributed by atoms with Gasteiger partial charge in [0.2, 0.25) is 5.95 Å². The number of carbonyl (C=O) groups is 1. The highest BCUT2D eigenvalue weighted by molar-refractivity contribution is 9.10. The van der Waals surface area contributed by atoms with Gasteiger partial charge in [-0.05, 0) is 46.6 Å². The van der Waals surface area contributed by atoms with Crippen LogP contribution in [-0.2, 0) is 6.54 Å². The van der Waals surface area contributed by atoms with E-state index in [-0.39, 0.29) is 5.91 Å². The summed E-state index contributed by atoms with van der Waals surface area (Å²) in [4.78, 5) is 20.8. The van der Waals surface area contributed by atoms with Crippen LogP contribution in [0.25, 0.3) is 0 Å². The molecule has 2 N–H and O–H groups in total. The highest BCUT2D eigenvalue weighted by Crippen LogP contribution is 2.23. The standard InChI is InChI=1S/C19H17BrN4O/c1-13-6-8-14(9-7-13)12-22-18(25)17-10-11-21-19(24-17)23-16-5-3-2-4-15(16)20/h2-11H,12H2,1H3,(H,22,25)(H,21,23,24). The summed E-state index contributed by atoms with van der Waals surface area (Å²) in [5, 5.41) is 5.97. The topological polar surface area (TPSA) is 66.9 Å². The van der Waals surface area contributed by atoms with Crippen molar-refractivity contribution in [2.75, 3.05) is 5.32 Å². The summed E-state index contributed by atoms with van der Waals surface area (Å²) in [6.07, 6.45) is 1.56. The normalized spacial score (nSPS) is 10.3. The second-order valence-corrected chi connectivity index (χ2v) is 6.39. The van der Waals surface area contributed by atoms with Gasteiger partial charge in [0, 0.05) is 17.2 Å². The molecule has 1 heterocycles. The molecule has 0 saturated heterocycles. The van der Waals surface area contributed by atoms with Gasteiger partial charge < -0.3 is 10.6 Å². The fourth-order valence-electron chi connectivity index (χ4n) is 2.21. The number of anilines is 2. The first-order valence-corrected chi connectivity index (χ1v) is 8.59. The Labute approximate surface area is 154 Å². The van der Waals surface area contributed by atoms with E-state index >= 15 is 0 Å². The van der Waals surface area contributed by atoms with Crippen molar-refractivity contribution < 1.29 is 4.79 Å². The lowest BCUT2D eigenvalue weighted by atomic mass is 10.1. The van der Waals surface area contributed by atoms with E-state index < -0.39 is 0 Å². The van der Waals surface area contributed by atoms with Crippen molar-refractivity contribution in [3.63, 3.8) is 0 Å². The fourth-order valence-corrected chi connectivity index (χ4v) is 2.59. The molecule has 3 aromatic rings. The molecule has 25 heavy (non-hydrogen) atoms. The number of aryl methyl sites for hydroxylation is 1. The van der Waals surface area contributed by atoms with Crippen LogP contribution in [0, 0.1) is 6.92 Å². The maximum atomic E-state index is 12.3. The Hall–Kier alpha value is -2.73. The number of nitrogens with zero attached hydrogens (tertiary/aromatic N) is 2. The van der Waals surface area contributed by atoms with Gasteiger partial charge in [0.05, 0.1) is 5.69 Å².